The van der Waals surface area contributed by atoms with Crippen molar-refractivity contribution in [2.75, 3.05) is 6.54 Å². The molecule has 0 saturated heterocycles. The third kappa shape index (κ3) is 6.11. The molecule has 6 nitrogen and oxygen atoms in total. The van der Waals surface area contributed by atoms with Crippen molar-refractivity contribution in [3.8, 4) is 34.0 Å². The molecule has 0 aliphatic rings. The van der Waals surface area contributed by atoms with Crippen molar-refractivity contribution in [1.82, 2.24) is 15.5 Å². The molecular formula is C29H28F3N3O3. The molecule has 198 valence electrons. The lowest BCUT2D eigenvalue weighted by molar-refractivity contribution is -0.140. The maximum Gasteiger partial charge on any atom is 0.417 e. The molecule has 2 N–H and O–H groups in total. The van der Waals surface area contributed by atoms with Gasteiger partial charge >= 0.3 is 12.1 Å². The standard InChI is InChI=1S/C29H28F3N3O3/c1-17(2)25(28(36)37)33-15-14-19-8-10-20(11-9-19)26-34-27(38-35-26)21-12-13-23(24(16-21)29(30,31)32)22-7-5-4-6-18(22)3/h4-13,16-17,25,33H,14-15H2,1-3H3,(H,36,37). The summed E-state index contributed by atoms with van der Waals surface area (Å²) in [7, 11) is 0. The van der Waals surface area contributed by atoms with E-state index in [0.717, 1.165) is 17.2 Å². The number of halogens is 3. The summed E-state index contributed by atoms with van der Waals surface area (Å²) < 4.78 is 47.3. The van der Waals surface area contributed by atoms with Crippen molar-refractivity contribution >= 4 is 5.97 Å². The van der Waals surface area contributed by atoms with Crippen LogP contribution in [0.2, 0.25) is 0 Å². The van der Waals surface area contributed by atoms with E-state index in [0.29, 0.717) is 24.1 Å². The van der Waals surface area contributed by atoms with E-state index in [1.807, 2.05) is 26.0 Å². The highest BCUT2D eigenvalue weighted by Gasteiger charge is 2.34. The molecule has 0 amide bonds. The Morgan fingerprint density at radius 2 is 1.68 bits per heavy atom. The van der Waals surface area contributed by atoms with Crippen molar-refractivity contribution in [2.45, 2.75) is 39.4 Å². The van der Waals surface area contributed by atoms with Crippen LogP contribution in [-0.2, 0) is 17.4 Å². The van der Waals surface area contributed by atoms with E-state index >= 15 is 0 Å². The lowest BCUT2D eigenvalue weighted by atomic mass is 9.94. The van der Waals surface area contributed by atoms with Crippen LogP contribution in [-0.4, -0.2) is 33.8 Å². The van der Waals surface area contributed by atoms with Crippen LogP contribution in [0.4, 0.5) is 13.2 Å². The van der Waals surface area contributed by atoms with Gasteiger partial charge in [0, 0.05) is 11.1 Å². The molecule has 1 heterocycles. The summed E-state index contributed by atoms with van der Waals surface area (Å²) in [5, 5.41) is 16.3. The second-order valence-corrected chi connectivity index (χ2v) is 9.46. The highest BCUT2D eigenvalue weighted by atomic mass is 19.4. The number of aryl methyl sites for hydroxylation is 1. The summed E-state index contributed by atoms with van der Waals surface area (Å²) in [6, 6.07) is 17.7. The summed E-state index contributed by atoms with van der Waals surface area (Å²) in [5.41, 5.74) is 2.38. The fraction of sp³-hybridized carbons (Fsp3) is 0.276. The predicted molar refractivity (Wildman–Crippen MR) is 138 cm³/mol. The van der Waals surface area contributed by atoms with Gasteiger partial charge in [0.2, 0.25) is 5.82 Å². The summed E-state index contributed by atoms with van der Waals surface area (Å²) in [4.78, 5) is 15.6. The second kappa shape index (κ2) is 11.2. The van der Waals surface area contributed by atoms with Gasteiger partial charge in [-0.1, -0.05) is 73.6 Å². The molecule has 1 unspecified atom stereocenters. The molecule has 0 aliphatic heterocycles. The van der Waals surface area contributed by atoms with Crippen LogP contribution in [0, 0.1) is 12.8 Å². The first-order valence-electron chi connectivity index (χ1n) is 12.2. The topological polar surface area (TPSA) is 88.2 Å². The number of benzene rings is 3. The minimum absolute atomic E-state index is 0.0106. The van der Waals surface area contributed by atoms with E-state index in [-0.39, 0.29) is 28.8 Å². The first-order chi connectivity index (χ1) is 18.0. The van der Waals surface area contributed by atoms with E-state index in [1.54, 1.807) is 49.4 Å². The third-order valence-electron chi connectivity index (χ3n) is 6.36. The fourth-order valence-electron chi connectivity index (χ4n) is 4.28. The summed E-state index contributed by atoms with van der Waals surface area (Å²) in [6.07, 6.45) is -3.94. The SMILES string of the molecule is Cc1ccccc1-c1ccc(-c2nc(-c3ccc(CCNC(C(=O)O)C(C)C)cc3)no2)cc1C(F)(F)F. The molecule has 0 spiro atoms. The average Bonchev–Trinajstić information content (AvgIpc) is 3.36. The minimum Gasteiger partial charge on any atom is -0.480 e. The normalized spacial score (nSPS) is 12.6. The zero-order chi connectivity index (χ0) is 27.4. The Kier molecular flexibility index (Phi) is 7.97. The molecule has 0 bridgehead atoms. The number of carboxylic acids is 1. The molecule has 4 aromatic rings. The molecule has 0 saturated carbocycles. The number of carboxylic acid groups (broad SMARTS) is 1. The van der Waals surface area contributed by atoms with Crippen LogP contribution >= 0.6 is 0 Å². The van der Waals surface area contributed by atoms with Crippen LogP contribution in [0.1, 0.15) is 30.5 Å². The van der Waals surface area contributed by atoms with Gasteiger partial charge in [-0.25, -0.2) is 0 Å². The van der Waals surface area contributed by atoms with Gasteiger partial charge in [0.15, 0.2) is 0 Å². The molecule has 1 atom stereocenters. The van der Waals surface area contributed by atoms with E-state index in [2.05, 4.69) is 15.5 Å². The predicted octanol–water partition coefficient (Wildman–Crippen LogP) is 6.64. The zero-order valence-corrected chi connectivity index (χ0v) is 21.2. The largest absolute Gasteiger partial charge is 0.480 e. The average molecular weight is 524 g/mol. The van der Waals surface area contributed by atoms with E-state index in [1.165, 1.54) is 6.07 Å². The molecule has 38 heavy (non-hydrogen) atoms. The third-order valence-corrected chi connectivity index (χ3v) is 6.36. The van der Waals surface area contributed by atoms with Crippen LogP contribution in [0.3, 0.4) is 0 Å². The first-order valence-corrected chi connectivity index (χ1v) is 12.2. The molecule has 0 fully saturated rings. The van der Waals surface area contributed by atoms with Crippen molar-refractivity contribution < 1.29 is 27.6 Å². The summed E-state index contributed by atoms with van der Waals surface area (Å²) >= 11 is 0. The van der Waals surface area contributed by atoms with Crippen molar-refractivity contribution in [1.29, 1.82) is 0 Å². The number of hydrogen-bond acceptors (Lipinski definition) is 5. The maximum absolute atomic E-state index is 14.0. The Morgan fingerprint density at radius 3 is 2.32 bits per heavy atom. The Labute approximate surface area is 218 Å². The minimum atomic E-state index is -4.57. The Balaban J connectivity index is 1.52. The van der Waals surface area contributed by atoms with E-state index in [9.17, 15) is 23.1 Å². The number of alkyl halides is 3. The van der Waals surface area contributed by atoms with Gasteiger partial charge in [0.1, 0.15) is 6.04 Å². The van der Waals surface area contributed by atoms with Gasteiger partial charge in [-0.05, 0) is 60.2 Å². The number of nitrogens with zero attached hydrogens (tertiary/aromatic N) is 2. The highest BCUT2D eigenvalue weighted by Crippen LogP contribution is 2.40. The maximum atomic E-state index is 14.0. The lowest BCUT2D eigenvalue weighted by Crippen LogP contribution is -2.41. The van der Waals surface area contributed by atoms with Gasteiger partial charge in [0.05, 0.1) is 5.56 Å². The molecule has 9 heteroatoms. The summed E-state index contributed by atoms with van der Waals surface area (Å²) in [5.74, 6) is -0.668. The first kappa shape index (κ1) is 27.1. The van der Waals surface area contributed by atoms with Crippen molar-refractivity contribution in [3.05, 3.63) is 83.4 Å². The number of aromatic nitrogens is 2. The van der Waals surface area contributed by atoms with Gasteiger partial charge < -0.3 is 14.9 Å². The Bertz CT molecular complexity index is 1410. The summed E-state index contributed by atoms with van der Waals surface area (Å²) in [6.45, 7) is 5.97. The van der Waals surface area contributed by atoms with E-state index < -0.39 is 23.8 Å². The van der Waals surface area contributed by atoms with Gasteiger partial charge in [-0.2, -0.15) is 18.2 Å². The number of rotatable bonds is 9. The Hall–Kier alpha value is -3.98. The molecule has 0 radical (unpaired) electrons. The monoisotopic (exact) mass is 523 g/mol. The smallest absolute Gasteiger partial charge is 0.417 e. The van der Waals surface area contributed by atoms with Crippen LogP contribution in [0.5, 0.6) is 0 Å². The number of aliphatic carboxylic acids is 1. The van der Waals surface area contributed by atoms with Gasteiger partial charge in [-0.15, -0.1) is 0 Å². The van der Waals surface area contributed by atoms with E-state index in [4.69, 9.17) is 4.52 Å². The molecule has 3 aromatic carbocycles. The molecule has 4 rings (SSSR count). The lowest BCUT2D eigenvalue weighted by Gasteiger charge is -2.17. The van der Waals surface area contributed by atoms with Crippen LogP contribution in [0.25, 0.3) is 34.0 Å². The van der Waals surface area contributed by atoms with Gasteiger partial charge in [-0.3, -0.25) is 4.79 Å². The van der Waals surface area contributed by atoms with Crippen LogP contribution in [0.15, 0.2) is 71.3 Å². The van der Waals surface area contributed by atoms with Crippen molar-refractivity contribution in [3.63, 3.8) is 0 Å². The number of hydrogen-bond donors (Lipinski definition) is 2. The second-order valence-electron chi connectivity index (χ2n) is 9.46. The number of nitrogens with one attached hydrogen (secondary N) is 1. The molecule has 1 aromatic heterocycles. The highest BCUT2D eigenvalue weighted by molar-refractivity contribution is 5.75. The Morgan fingerprint density at radius 1 is 1.00 bits per heavy atom. The van der Waals surface area contributed by atoms with Gasteiger partial charge in [0.25, 0.3) is 5.89 Å². The fourth-order valence-corrected chi connectivity index (χ4v) is 4.28. The number of carbonyl (C=O) groups is 1. The molecule has 0 aliphatic carbocycles. The van der Waals surface area contributed by atoms with Crippen LogP contribution < -0.4 is 5.32 Å². The molecular weight excluding hydrogens is 495 g/mol. The van der Waals surface area contributed by atoms with Crippen molar-refractivity contribution in [2.24, 2.45) is 5.92 Å². The zero-order valence-electron chi connectivity index (χ0n) is 21.2. The quantitative estimate of drug-likeness (QED) is 0.256.